The van der Waals surface area contributed by atoms with E-state index in [2.05, 4.69) is 49.1 Å². The Kier molecular flexibility index (Phi) is 5.87. The van der Waals surface area contributed by atoms with Gasteiger partial charge in [-0.1, -0.05) is 12.8 Å². The second kappa shape index (κ2) is 7.20. The third-order valence-corrected chi connectivity index (χ3v) is 6.82. The maximum atomic E-state index is 12.0. The van der Waals surface area contributed by atoms with Crippen molar-refractivity contribution >= 4 is 49.1 Å². The number of hydrogen-bond donors (Lipinski definition) is 1. The van der Waals surface area contributed by atoms with Crippen molar-refractivity contribution in [3.63, 3.8) is 0 Å². The van der Waals surface area contributed by atoms with Crippen molar-refractivity contribution in [1.29, 1.82) is 0 Å². The molecular formula is C13H18Br2N2OS. The van der Waals surface area contributed by atoms with Crippen LogP contribution in [-0.2, 0) is 0 Å². The van der Waals surface area contributed by atoms with E-state index in [4.69, 9.17) is 0 Å². The maximum absolute atomic E-state index is 12.0. The summed E-state index contributed by atoms with van der Waals surface area (Å²) in [7, 11) is 2.15. The van der Waals surface area contributed by atoms with Crippen LogP contribution in [0.4, 0.5) is 0 Å². The summed E-state index contributed by atoms with van der Waals surface area (Å²) >= 11 is 8.25. The normalized spacial score (nSPS) is 16.2. The Morgan fingerprint density at radius 3 is 2.74 bits per heavy atom. The zero-order valence-electron chi connectivity index (χ0n) is 10.9. The molecule has 0 bridgehead atoms. The maximum Gasteiger partial charge on any atom is 0.261 e. The molecule has 0 saturated heterocycles. The number of halogens is 2. The van der Waals surface area contributed by atoms with Crippen LogP contribution in [0.3, 0.4) is 0 Å². The topological polar surface area (TPSA) is 32.3 Å². The van der Waals surface area contributed by atoms with Crippen LogP contribution in [-0.4, -0.2) is 37.0 Å². The van der Waals surface area contributed by atoms with Crippen molar-refractivity contribution in [2.75, 3.05) is 20.1 Å². The van der Waals surface area contributed by atoms with Crippen molar-refractivity contribution < 1.29 is 4.79 Å². The van der Waals surface area contributed by atoms with Gasteiger partial charge >= 0.3 is 0 Å². The summed E-state index contributed by atoms with van der Waals surface area (Å²) < 4.78 is 1.89. The number of nitrogens with zero attached hydrogens (tertiary/aromatic N) is 1. The summed E-state index contributed by atoms with van der Waals surface area (Å²) in [6.07, 6.45) is 5.29. The molecule has 1 fully saturated rings. The van der Waals surface area contributed by atoms with Crippen LogP contribution in [0.5, 0.6) is 0 Å². The molecule has 0 atom stereocenters. The lowest BCUT2D eigenvalue weighted by Gasteiger charge is -2.23. The van der Waals surface area contributed by atoms with Crippen molar-refractivity contribution in [3.05, 3.63) is 19.2 Å². The second-order valence-electron chi connectivity index (χ2n) is 4.91. The number of likely N-dealkylation sites (N-methyl/N-ethyl adjacent to an activating group) is 1. The summed E-state index contributed by atoms with van der Waals surface area (Å²) in [5.74, 6) is 0.0104. The number of amides is 1. The molecule has 1 aliphatic rings. The van der Waals surface area contributed by atoms with Crippen molar-refractivity contribution in [1.82, 2.24) is 10.2 Å². The van der Waals surface area contributed by atoms with Crippen LogP contribution in [0.15, 0.2) is 14.3 Å². The molecule has 19 heavy (non-hydrogen) atoms. The Morgan fingerprint density at radius 1 is 1.47 bits per heavy atom. The minimum atomic E-state index is 0.0104. The first-order chi connectivity index (χ1) is 9.08. The van der Waals surface area contributed by atoms with E-state index in [-0.39, 0.29) is 5.91 Å². The molecule has 106 valence electrons. The lowest BCUT2D eigenvalue weighted by atomic mass is 10.2. The van der Waals surface area contributed by atoms with Crippen LogP contribution in [0.25, 0.3) is 0 Å². The SMILES string of the molecule is CN(CCNC(=O)c1cc(Br)c(Br)s1)C1CCCC1. The molecule has 1 heterocycles. The summed E-state index contributed by atoms with van der Waals surface area (Å²) in [5.41, 5.74) is 0. The Labute approximate surface area is 135 Å². The minimum Gasteiger partial charge on any atom is -0.350 e. The van der Waals surface area contributed by atoms with E-state index in [1.807, 2.05) is 6.07 Å². The van der Waals surface area contributed by atoms with Gasteiger partial charge in [-0.2, -0.15) is 0 Å². The Hall–Kier alpha value is 0.0900. The number of nitrogens with one attached hydrogen (secondary N) is 1. The minimum absolute atomic E-state index is 0.0104. The predicted octanol–water partition coefficient (Wildman–Crippen LogP) is 3.88. The van der Waals surface area contributed by atoms with Gasteiger partial charge in [-0.15, -0.1) is 11.3 Å². The lowest BCUT2D eigenvalue weighted by Crippen LogP contribution is -2.37. The van der Waals surface area contributed by atoms with Gasteiger partial charge in [-0.3, -0.25) is 4.79 Å². The zero-order chi connectivity index (χ0) is 13.8. The molecule has 0 radical (unpaired) electrons. The number of carbonyl (C=O) groups is 1. The van der Waals surface area contributed by atoms with Gasteiger partial charge in [0.2, 0.25) is 0 Å². The highest BCUT2D eigenvalue weighted by Gasteiger charge is 2.19. The number of carbonyl (C=O) groups excluding carboxylic acids is 1. The average molecular weight is 410 g/mol. The van der Waals surface area contributed by atoms with Gasteiger partial charge in [-0.05, 0) is 57.8 Å². The zero-order valence-corrected chi connectivity index (χ0v) is 14.9. The fourth-order valence-corrected chi connectivity index (χ4v) is 4.37. The highest BCUT2D eigenvalue weighted by atomic mass is 79.9. The van der Waals surface area contributed by atoms with Gasteiger partial charge in [0.15, 0.2) is 0 Å². The molecule has 1 aromatic heterocycles. The van der Waals surface area contributed by atoms with Crippen molar-refractivity contribution in [3.8, 4) is 0 Å². The fourth-order valence-electron chi connectivity index (χ4n) is 2.42. The first-order valence-electron chi connectivity index (χ1n) is 6.51. The quantitative estimate of drug-likeness (QED) is 0.800. The first-order valence-corrected chi connectivity index (χ1v) is 8.91. The van der Waals surface area contributed by atoms with E-state index in [0.717, 1.165) is 19.7 Å². The summed E-state index contributed by atoms with van der Waals surface area (Å²) in [6.45, 7) is 1.63. The molecule has 0 unspecified atom stereocenters. The Bertz CT molecular complexity index is 424. The Balaban J connectivity index is 1.74. The largest absolute Gasteiger partial charge is 0.350 e. The van der Waals surface area contributed by atoms with Crippen LogP contribution >= 0.6 is 43.2 Å². The second-order valence-corrected chi connectivity index (χ2v) is 8.13. The smallest absolute Gasteiger partial charge is 0.261 e. The molecule has 0 spiro atoms. The summed E-state index contributed by atoms with van der Waals surface area (Å²) in [4.78, 5) is 15.1. The monoisotopic (exact) mass is 408 g/mol. The van der Waals surface area contributed by atoms with Crippen molar-refractivity contribution in [2.24, 2.45) is 0 Å². The van der Waals surface area contributed by atoms with E-state index < -0.39 is 0 Å². The standard InChI is InChI=1S/C13H18Br2N2OS/c1-17(9-4-2-3-5-9)7-6-16-13(18)11-8-10(14)12(15)19-11/h8-9H,2-7H2,1H3,(H,16,18). The van der Waals surface area contributed by atoms with Crippen LogP contribution in [0.2, 0.25) is 0 Å². The number of thiophene rings is 1. The molecule has 2 rings (SSSR count). The predicted molar refractivity (Wildman–Crippen MR) is 86.9 cm³/mol. The van der Waals surface area contributed by atoms with Gasteiger partial charge in [0.1, 0.15) is 0 Å². The van der Waals surface area contributed by atoms with Gasteiger partial charge in [0.25, 0.3) is 5.91 Å². The van der Waals surface area contributed by atoms with Gasteiger partial charge < -0.3 is 10.2 Å². The lowest BCUT2D eigenvalue weighted by molar-refractivity contribution is 0.0951. The fraction of sp³-hybridized carbons (Fsp3) is 0.615. The number of hydrogen-bond acceptors (Lipinski definition) is 3. The van der Waals surface area contributed by atoms with Crippen LogP contribution in [0.1, 0.15) is 35.4 Å². The van der Waals surface area contributed by atoms with Crippen LogP contribution < -0.4 is 5.32 Å². The highest BCUT2D eigenvalue weighted by molar-refractivity contribution is 9.13. The Morgan fingerprint density at radius 2 is 2.16 bits per heavy atom. The third-order valence-electron chi connectivity index (χ3n) is 3.57. The molecule has 0 aliphatic heterocycles. The van der Waals surface area contributed by atoms with Gasteiger partial charge in [0, 0.05) is 23.6 Å². The molecule has 3 nitrogen and oxygen atoms in total. The molecule has 1 aliphatic carbocycles. The molecule has 1 saturated carbocycles. The van der Waals surface area contributed by atoms with E-state index in [0.29, 0.717) is 12.6 Å². The summed E-state index contributed by atoms with van der Waals surface area (Å²) in [6, 6.07) is 2.56. The molecular weight excluding hydrogens is 392 g/mol. The molecule has 6 heteroatoms. The van der Waals surface area contributed by atoms with E-state index in [1.165, 1.54) is 37.0 Å². The van der Waals surface area contributed by atoms with Gasteiger partial charge in [-0.25, -0.2) is 0 Å². The third kappa shape index (κ3) is 4.28. The number of rotatable bonds is 5. The summed E-state index contributed by atoms with van der Waals surface area (Å²) in [5, 5.41) is 2.98. The van der Waals surface area contributed by atoms with E-state index in [1.54, 1.807) is 0 Å². The van der Waals surface area contributed by atoms with E-state index >= 15 is 0 Å². The molecule has 1 N–H and O–H groups in total. The molecule has 1 aromatic rings. The van der Waals surface area contributed by atoms with Gasteiger partial charge in [0.05, 0.1) is 8.66 Å². The van der Waals surface area contributed by atoms with Crippen LogP contribution in [0, 0.1) is 0 Å². The average Bonchev–Trinajstić information content (AvgIpc) is 3.00. The van der Waals surface area contributed by atoms with Crippen molar-refractivity contribution in [2.45, 2.75) is 31.7 Å². The molecule has 1 amide bonds. The molecule has 0 aromatic carbocycles. The first kappa shape index (κ1) is 15.5. The highest BCUT2D eigenvalue weighted by Crippen LogP contribution is 2.32. The van der Waals surface area contributed by atoms with E-state index in [9.17, 15) is 4.79 Å².